The van der Waals surface area contributed by atoms with Crippen LogP contribution in [0.4, 0.5) is 0 Å². The standard InChI is InChI=1S/C10H10BrNO3S/c11-6-3-8(16-4-6)9(13)12-7-1-5(2-7)10(14)15/h3-5,7H,1-2H2,(H,12,13)(H,14,15). The van der Waals surface area contributed by atoms with Crippen molar-refractivity contribution in [3.8, 4) is 0 Å². The van der Waals surface area contributed by atoms with E-state index in [1.165, 1.54) is 11.3 Å². The van der Waals surface area contributed by atoms with E-state index in [1.54, 1.807) is 6.07 Å². The number of amides is 1. The lowest BCUT2D eigenvalue weighted by molar-refractivity contribution is -0.145. The van der Waals surface area contributed by atoms with Crippen LogP contribution in [0.5, 0.6) is 0 Å². The Bertz CT molecular complexity index is 425. The molecular weight excluding hydrogens is 294 g/mol. The highest BCUT2D eigenvalue weighted by Crippen LogP contribution is 2.28. The second-order valence-electron chi connectivity index (χ2n) is 3.81. The van der Waals surface area contributed by atoms with Crippen molar-refractivity contribution in [3.05, 3.63) is 20.8 Å². The molecule has 1 aliphatic rings. The van der Waals surface area contributed by atoms with Gasteiger partial charge in [0, 0.05) is 15.9 Å². The number of nitrogens with one attached hydrogen (secondary N) is 1. The first-order chi connectivity index (χ1) is 7.56. The second-order valence-corrected chi connectivity index (χ2v) is 5.63. The Kier molecular flexibility index (Phi) is 3.30. The van der Waals surface area contributed by atoms with Crippen molar-refractivity contribution >= 4 is 39.1 Å². The van der Waals surface area contributed by atoms with Crippen LogP contribution in [-0.2, 0) is 4.79 Å². The van der Waals surface area contributed by atoms with Crippen molar-refractivity contribution in [2.75, 3.05) is 0 Å². The molecule has 0 radical (unpaired) electrons. The van der Waals surface area contributed by atoms with Gasteiger partial charge in [-0.05, 0) is 34.8 Å². The number of carboxylic acids is 1. The molecule has 1 aromatic heterocycles. The van der Waals surface area contributed by atoms with Crippen LogP contribution >= 0.6 is 27.3 Å². The Morgan fingerprint density at radius 3 is 2.69 bits per heavy atom. The summed E-state index contributed by atoms with van der Waals surface area (Å²) in [5.74, 6) is -1.19. The molecule has 0 saturated heterocycles. The number of hydrogen-bond donors (Lipinski definition) is 2. The van der Waals surface area contributed by atoms with Crippen molar-refractivity contribution in [3.63, 3.8) is 0 Å². The van der Waals surface area contributed by atoms with Gasteiger partial charge in [-0.3, -0.25) is 9.59 Å². The van der Waals surface area contributed by atoms with Crippen LogP contribution in [0, 0.1) is 5.92 Å². The first kappa shape index (κ1) is 11.6. The number of carbonyl (C=O) groups excluding carboxylic acids is 1. The SMILES string of the molecule is O=C(NC1CC(C(=O)O)C1)c1cc(Br)cs1. The number of hydrogen-bond acceptors (Lipinski definition) is 3. The van der Waals surface area contributed by atoms with Gasteiger partial charge in [-0.2, -0.15) is 0 Å². The van der Waals surface area contributed by atoms with Gasteiger partial charge in [0.05, 0.1) is 10.8 Å². The molecule has 86 valence electrons. The van der Waals surface area contributed by atoms with E-state index >= 15 is 0 Å². The van der Waals surface area contributed by atoms with Crippen LogP contribution in [0.25, 0.3) is 0 Å². The summed E-state index contributed by atoms with van der Waals surface area (Å²) < 4.78 is 0.889. The molecule has 1 aliphatic carbocycles. The van der Waals surface area contributed by atoms with Crippen molar-refractivity contribution in [1.82, 2.24) is 5.32 Å². The molecule has 16 heavy (non-hydrogen) atoms. The highest BCUT2D eigenvalue weighted by Gasteiger charge is 2.35. The van der Waals surface area contributed by atoms with Crippen LogP contribution < -0.4 is 5.32 Å². The first-order valence-electron chi connectivity index (χ1n) is 4.84. The van der Waals surface area contributed by atoms with Gasteiger partial charge in [0.1, 0.15) is 0 Å². The van der Waals surface area contributed by atoms with Crippen molar-refractivity contribution in [2.24, 2.45) is 5.92 Å². The summed E-state index contributed by atoms with van der Waals surface area (Å²) in [6.45, 7) is 0. The molecule has 0 bridgehead atoms. The molecule has 1 amide bonds. The Labute approximate surface area is 105 Å². The Morgan fingerprint density at radius 2 is 2.19 bits per heavy atom. The molecule has 6 heteroatoms. The molecule has 1 aromatic rings. The predicted octanol–water partition coefficient (Wildman–Crippen LogP) is 2.10. The Balaban J connectivity index is 1.84. The lowest BCUT2D eigenvalue weighted by Crippen LogP contribution is -2.46. The molecule has 0 aromatic carbocycles. The summed E-state index contributed by atoms with van der Waals surface area (Å²) in [6, 6.07) is 1.77. The summed E-state index contributed by atoms with van der Waals surface area (Å²) >= 11 is 4.65. The minimum Gasteiger partial charge on any atom is -0.481 e. The molecule has 1 saturated carbocycles. The van der Waals surface area contributed by atoms with Gasteiger partial charge in [0.2, 0.25) is 0 Å². The lowest BCUT2D eigenvalue weighted by Gasteiger charge is -2.32. The lowest BCUT2D eigenvalue weighted by atomic mass is 9.80. The second kappa shape index (κ2) is 4.55. The molecule has 0 unspecified atom stereocenters. The zero-order valence-corrected chi connectivity index (χ0v) is 10.7. The Morgan fingerprint density at radius 1 is 1.50 bits per heavy atom. The van der Waals surface area contributed by atoms with Gasteiger partial charge in [0.25, 0.3) is 5.91 Å². The van der Waals surface area contributed by atoms with Gasteiger partial charge in [-0.15, -0.1) is 11.3 Å². The maximum atomic E-state index is 11.7. The number of rotatable bonds is 3. The zero-order chi connectivity index (χ0) is 11.7. The third-order valence-corrected chi connectivity index (χ3v) is 4.30. The van der Waals surface area contributed by atoms with Crippen LogP contribution in [0.15, 0.2) is 15.9 Å². The number of thiophene rings is 1. The summed E-state index contributed by atoms with van der Waals surface area (Å²) in [5.41, 5.74) is 0. The Hall–Kier alpha value is -0.880. The average molecular weight is 304 g/mol. The molecule has 2 rings (SSSR count). The average Bonchev–Trinajstić information content (AvgIpc) is 2.56. The molecular formula is C10H10BrNO3S. The highest BCUT2D eigenvalue weighted by atomic mass is 79.9. The molecule has 2 N–H and O–H groups in total. The van der Waals surface area contributed by atoms with E-state index in [4.69, 9.17) is 5.11 Å². The van der Waals surface area contributed by atoms with Gasteiger partial charge in [-0.25, -0.2) is 0 Å². The van der Waals surface area contributed by atoms with Gasteiger partial charge in [-0.1, -0.05) is 0 Å². The van der Waals surface area contributed by atoms with Gasteiger partial charge >= 0.3 is 5.97 Å². The molecule has 1 fully saturated rings. The van der Waals surface area contributed by atoms with E-state index in [1.807, 2.05) is 5.38 Å². The number of carbonyl (C=O) groups is 2. The predicted molar refractivity (Wildman–Crippen MR) is 63.6 cm³/mol. The summed E-state index contributed by atoms with van der Waals surface area (Å²) in [7, 11) is 0. The minimum absolute atomic E-state index is 0.00877. The van der Waals surface area contributed by atoms with Crippen molar-refractivity contribution in [1.29, 1.82) is 0 Å². The maximum absolute atomic E-state index is 11.7. The van der Waals surface area contributed by atoms with Gasteiger partial charge < -0.3 is 10.4 Å². The van der Waals surface area contributed by atoms with E-state index in [-0.39, 0.29) is 17.9 Å². The number of aliphatic carboxylic acids is 1. The fourth-order valence-corrected chi connectivity index (χ4v) is 2.96. The van der Waals surface area contributed by atoms with Crippen LogP contribution in [0.3, 0.4) is 0 Å². The summed E-state index contributed by atoms with van der Waals surface area (Å²) in [4.78, 5) is 22.9. The maximum Gasteiger partial charge on any atom is 0.306 e. The van der Waals surface area contributed by atoms with E-state index in [9.17, 15) is 9.59 Å². The van der Waals surface area contributed by atoms with Crippen molar-refractivity contribution in [2.45, 2.75) is 18.9 Å². The molecule has 4 nitrogen and oxygen atoms in total. The summed E-state index contributed by atoms with van der Waals surface area (Å²) in [6.07, 6.45) is 1.07. The molecule has 1 heterocycles. The van der Waals surface area contributed by atoms with Crippen molar-refractivity contribution < 1.29 is 14.7 Å². The van der Waals surface area contributed by atoms with Crippen LogP contribution in [0.1, 0.15) is 22.5 Å². The topological polar surface area (TPSA) is 66.4 Å². The normalized spacial score (nSPS) is 23.6. The minimum atomic E-state index is -0.774. The summed E-state index contributed by atoms with van der Waals surface area (Å²) in [5, 5.41) is 13.3. The van der Waals surface area contributed by atoms with E-state index in [0.717, 1.165) is 4.47 Å². The molecule has 0 spiro atoms. The number of carboxylic acid groups (broad SMARTS) is 1. The van der Waals surface area contributed by atoms with E-state index < -0.39 is 5.97 Å². The largest absolute Gasteiger partial charge is 0.481 e. The molecule has 0 aliphatic heterocycles. The van der Waals surface area contributed by atoms with E-state index in [0.29, 0.717) is 17.7 Å². The third-order valence-electron chi connectivity index (χ3n) is 2.61. The zero-order valence-electron chi connectivity index (χ0n) is 8.27. The third kappa shape index (κ3) is 2.44. The fourth-order valence-electron chi connectivity index (χ4n) is 1.63. The first-order valence-corrected chi connectivity index (χ1v) is 6.51. The molecule has 0 atom stereocenters. The highest BCUT2D eigenvalue weighted by molar-refractivity contribution is 9.10. The van der Waals surface area contributed by atoms with Crippen LogP contribution in [-0.4, -0.2) is 23.0 Å². The quantitative estimate of drug-likeness (QED) is 0.898. The van der Waals surface area contributed by atoms with Crippen LogP contribution in [0.2, 0.25) is 0 Å². The smallest absolute Gasteiger partial charge is 0.306 e. The fraction of sp³-hybridized carbons (Fsp3) is 0.400. The van der Waals surface area contributed by atoms with Gasteiger partial charge in [0.15, 0.2) is 0 Å². The number of halogens is 1. The van der Waals surface area contributed by atoms with E-state index in [2.05, 4.69) is 21.2 Å². The monoisotopic (exact) mass is 303 g/mol.